The minimum absolute atomic E-state index is 0.0610. The van der Waals surface area contributed by atoms with Crippen molar-refractivity contribution in [2.45, 2.75) is 57.5 Å². The minimum atomic E-state index is -0.529. The number of aromatic nitrogens is 1. The Morgan fingerprint density at radius 1 is 1.35 bits per heavy atom. The third-order valence-corrected chi connectivity index (χ3v) is 7.93. The maximum Gasteiger partial charge on any atom is 0.256 e. The third-order valence-electron chi connectivity index (χ3n) is 7.93. The molecule has 3 N–H and O–H groups in total. The van der Waals surface area contributed by atoms with E-state index in [2.05, 4.69) is 27.9 Å². The Balaban J connectivity index is 1.23. The van der Waals surface area contributed by atoms with Crippen LogP contribution in [0.3, 0.4) is 0 Å². The normalized spacial score (nSPS) is 33.8. The molecule has 3 saturated carbocycles. The molecule has 0 radical (unpaired) electrons. The lowest BCUT2D eigenvalue weighted by molar-refractivity contribution is -0.139. The molecule has 2 aliphatic heterocycles. The first kappa shape index (κ1) is 20.3. The van der Waals surface area contributed by atoms with Gasteiger partial charge in [0.25, 0.3) is 5.91 Å². The number of hydrogen-bond donors (Lipinski definition) is 3. The van der Waals surface area contributed by atoms with Gasteiger partial charge in [-0.2, -0.15) is 0 Å². The molecular formula is C23H31N5O3. The van der Waals surface area contributed by atoms with E-state index in [9.17, 15) is 14.4 Å². The number of nitrogens with one attached hydrogen (secondary N) is 3. The number of hydrogen-bond acceptors (Lipinski definition) is 5. The van der Waals surface area contributed by atoms with E-state index in [0.717, 1.165) is 45.2 Å². The molecule has 1 aromatic heterocycles. The van der Waals surface area contributed by atoms with Crippen LogP contribution in [-0.4, -0.2) is 52.9 Å². The fourth-order valence-corrected chi connectivity index (χ4v) is 6.27. The number of carbonyl (C=O) groups is 3. The maximum absolute atomic E-state index is 13.1. The molecule has 0 aromatic carbocycles. The summed E-state index contributed by atoms with van der Waals surface area (Å²) in [6, 6.07) is 3.55. The summed E-state index contributed by atoms with van der Waals surface area (Å²) in [4.78, 5) is 43.8. The summed E-state index contributed by atoms with van der Waals surface area (Å²) in [5.74, 6) is 1.01. The van der Waals surface area contributed by atoms with Crippen LogP contribution >= 0.6 is 0 Å². The van der Waals surface area contributed by atoms with Crippen LogP contribution in [0.4, 0.5) is 5.82 Å². The second kappa shape index (κ2) is 7.50. The lowest BCUT2D eigenvalue weighted by Gasteiger charge is -2.60. The van der Waals surface area contributed by atoms with Crippen LogP contribution in [0.1, 0.15) is 62.2 Å². The molecule has 5 aliphatic rings. The zero-order valence-corrected chi connectivity index (χ0v) is 18.1. The van der Waals surface area contributed by atoms with E-state index in [1.54, 1.807) is 18.3 Å². The summed E-state index contributed by atoms with van der Waals surface area (Å²) in [7, 11) is 0. The molecule has 0 unspecified atom stereocenters. The number of pyridine rings is 1. The molecule has 1 aromatic rings. The number of likely N-dealkylation sites (tertiary alicyclic amines) is 1. The average Bonchev–Trinajstić information content (AvgIpc) is 3.15. The molecule has 6 rings (SSSR count). The lowest BCUT2D eigenvalue weighted by atomic mass is 9.51. The van der Waals surface area contributed by atoms with E-state index in [1.807, 2.05) is 4.90 Å². The second-order valence-corrected chi connectivity index (χ2v) is 9.93. The quantitative estimate of drug-likeness (QED) is 0.625. The van der Waals surface area contributed by atoms with Gasteiger partial charge in [-0.3, -0.25) is 14.4 Å². The Morgan fingerprint density at radius 2 is 2.23 bits per heavy atom. The molecule has 2 bridgehead atoms. The van der Waals surface area contributed by atoms with Crippen LogP contribution in [0.15, 0.2) is 18.3 Å². The van der Waals surface area contributed by atoms with Crippen LogP contribution in [0, 0.1) is 17.3 Å². The topological polar surface area (TPSA) is 103 Å². The van der Waals surface area contributed by atoms with Gasteiger partial charge in [0.2, 0.25) is 11.8 Å². The molecular weight excluding hydrogens is 394 g/mol. The fraction of sp³-hybridized carbons (Fsp3) is 0.652. The first-order valence-corrected chi connectivity index (χ1v) is 11.5. The van der Waals surface area contributed by atoms with Gasteiger partial charge >= 0.3 is 0 Å². The fourth-order valence-electron chi connectivity index (χ4n) is 6.27. The molecule has 1 spiro atoms. The first-order chi connectivity index (χ1) is 14.9. The van der Waals surface area contributed by atoms with E-state index in [4.69, 9.17) is 0 Å². The largest absolute Gasteiger partial charge is 0.356 e. The molecule has 4 atom stereocenters. The molecule has 31 heavy (non-hydrogen) atoms. The van der Waals surface area contributed by atoms with Crippen molar-refractivity contribution < 1.29 is 14.4 Å². The molecule has 8 nitrogen and oxygen atoms in total. The average molecular weight is 426 g/mol. The lowest BCUT2D eigenvalue weighted by Crippen LogP contribution is -2.70. The zero-order valence-electron chi connectivity index (χ0n) is 18.1. The summed E-state index contributed by atoms with van der Waals surface area (Å²) < 4.78 is 0. The molecule has 3 amide bonds. The molecule has 4 fully saturated rings. The smallest absolute Gasteiger partial charge is 0.256 e. The third kappa shape index (κ3) is 3.46. The Morgan fingerprint density at radius 3 is 3.00 bits per heavy atom. The van der Waals surface area contributed by atoms with Crippen molar-refractivity contribution in [1.29, 1.82) is 0 Å². The Hall–Kier alpha value is -2.64. The Kier molecular flexibility index (Phi) is 4.90. The number of rotatable bonds is 5. The Bertz CT molecular complexity index is 920. The van der Waals surface area contributed by atoms with Crippen LogP contribution in [0.5, 0.6) is 0 Å². The van der Waals surface area contributed by atoms with Gasteiger partial charge in [-0.1, -0.05) is 6.92 Å². The van der Waals surface area contributed by atoms with Gasteiger partial charge in [0.05, 0.1) is 5.56 Å². The van der Waals surface area contributed by atoms with Crippen molar-refractivity contribution in [3.63, 3.8) is 0 Å². The van der Waals surface area contributed by atoms with E-state index in [-0.39, 0.29) is 35.0 Å². The molecule has 3 heterocycles. The van der Waals surface area contributed by atoms with Crippen LogP contribution in [0.2, 0.25) is 0 Å². The number of fused-ring (bicyclic) bond motifs is 3. The number of amides is 3. The monoisotopic (exact) mass is 425 g/mol. The SMILES string of the molecule is C[C@@]12CC[C@@H](C[C@H]1C(=O)NCCCN1CCCC1=O)[C@]1(C2)NC(=O)c2cccnc2N1. The van der Waals surface area contributed by atoms with E-state index >= 15 is 0 Å². The van der Waals surface area contributed by atoms with Gasteiger partial charge < -0.3 is 20.9 Å². The maximum atomic E-state index is 13.1. The zero-order chi connectivity index (χ0) is 21.6. The Labute approximate surface area is 182 Å². The van der Waals surface area contributed by atoms with Gasteiger partial charge in [-0.15, -0.1) is 0 Å². The molecule has 8 heteroatoms. The van der Waals surface area contributed by atoms with Crippen molar-refractivity contribution in [2.75, 3.05) is 25.0 Å². The highest BCUT2D eigenvalue weighted by molar-refractivity contribution is 6.01. The van der Waals surface area contributed by atoms with E-state index in [1.165, 1.54) is 0 Å². The summed E-state index contributed by atoms with van der Waals surface area (Å²) in [6.45, 7) is 4.33. The summed E-state index contributed by atoms with van der Waals surface area (Å²) >= 11 is 0. The highest BCUT2D eigenvalue weighted by Crippen LogP contribution is 2.58. The van der Waals surface area contributed by atoms with E-state index in [0.29, 0.717) is 30.8 Å². The van der Waals surface area contributed by atoms with Crippen LogP contribution in [0.25, 0.3) is 0 Å². The van der Waals surface area contributed by atoms with Crippen molar-refractivity contribution in [3.05, 3.63) is 23.9 Å². The summed E-state index contributed by atoms with van der Waals surface area (Å²) in [5, 5.41) is 9.89. The standard InChI is InChI=1S/C23H31N5O3/c1-22-8-7-15(23(14-22)26-19-16(20(30)27-23)5-2-9-24-19)13-17(22)21(31)25-10-4-12-28-11-3-6-18(28)29/h2,5,9,15,17H,3-4,6-8,10-14H2,1H3,(H,24,26)(H,25,31)(H,27,30)/t15-,17-,22-,23-/m0/s1. The van der Waals surface area contributed by atoms with Gasteiger partial charge in [0.15, 0.2) is 0 Å². The van der Waals surface area contributed by atoms with Crippen LogP contribution < -0.4 is 16.0 Å². The predicted octanol–water partition coefficient (Wildman–Crippen LogP) is 1.89. The highest BCUT2D eigenvalue weighted by Gasteiger charge is 2.60. The summed E-state index contributed by atoms with van der Waals surface area (Å²) in [5.41, 5.74) is -0.139. The number of nitrogens with zero attached hydrogens (tertiary/aromatic N) is 2. The summed E-state index contributed by atoms with van der Waals surface area (Å²) in [6.07, 6.45) is 7.51. The number of anilines is 1. The van der Waals surface area contributed by atoms with Gasteiger partial charge in [0.1, 0.15) is 11.5 Å². The van der Waals surface area contributed by atoms with Crippen molar-refractivity contribution in [2.24, 2.45) is 17.3 Å². The molecule has 166 valence electrons. The molecule has 1 saturated heterocycles. The minimum Gasteiger partial charge on any atom is -0.356 e. The molecule has 3 aliphatic carbocycles. The van der Waals surface area contributed by atoms with Crippen molar-refractivity contribution >= 4 is 23.5 Å². The van der Waals surface area contributed by atoms with Gasteiger partial charge in [-0.05, 0) is 56.1 Å². The van der Waals surface area contributed by atoms with E-state index < -0.39 is 5.66 Å². The van der Waals surface area contributed by atoms with Crippen molar-refractivity contribution in [1.82, 2.24) is 20.5 Å². The van der Waals surface area contributed by atoms with Gasteiger partial charge in [-0.25, -0.2) is 4.98 Å². The predicted molar refractivity (Wildman–Crippen MR) is 115 cm³/mol. The van der Waals surface area contributed by atoms with Crippen LogP contribution in [-0.2, 0) is 9.59 Å². The first-order valence-electron chi connectivity index (χ1n) is 11.5. The number of carbonyl (C=O) groups excluding carboxylic acids is 3. The highest BCUT2D eigenvalue weighted by atomic mass is 16.2. The van der Waals surface area contributed by atoms with Crippen molar-refractivity contribution in [3.8, 4) is 0 Å². The second-order valence-electron chi connectivity index (χ2n) is 9.93. The van der Waals surface area contributed by atoms with Gasteiger partial charge in [0, 0.05) is 44.1 Å².